The van der Waals surface area contributed by atoms with Gasteiger partial charge in [0.2, 0.25) is 0 Å². The Kier molecular flexibility index (Phi) is 3.64. The summed E-state index contributed by atoms with van der Waals surface area (Å²) in [5.74, 6) is 5.26. The number of rotatable bonds is 3. The lowest BCUT2D eigenvalue weighted by Crippen LogP contribution is -2.30. The average Bonchev–Trinajstić information content (AvgIpc) is 2.36. The van der Waals surface area contributed by atoms with E-state index in [9.17, 15) is 4.39 Å². The summed E-state index contributed by atoms with van der Waals surface area (Å²) in [5.41, 5.74) is 5.46. The summed E-state index contributed by atoms with van der Waals surface area (Å²) >= 11 is 0. The fraction of sp³-hybridized carbons (Fsp3) is 0.231. The van der Waals surface area contributed by atoms with Crippen LogP contribution in [0, 0.1) is 19.7 Å². The number of hydrogen-bond acceptors (Lipinski definition) is 4. The minimum absolute atomic E-state index is 0.297. The van der Waals surface area contributed by atoms with Crippen LogP contribution in [0.4, 0.5) is 4.39 Å². The van der Waals surface area contributed by atoms with Gasteiger partial charge in [0.05, 0.1) is 17.4 Å². The van der Waals surface area contributed by atoms with Crippen LogP contribution in [0.25, 0.3) is 0 Å². The summed E-state index contributed by atoms with van der Waals surface area (Å²) in [5, 5.41) is 7.99. The van der Waals surface area contributed by atoms with Gasteiger partial charge in [-0.3, -0.25) is 5.84 Å². The van der Waals surface area contributed by atoms with Gasteiger partial charge in [0.1, 0.15) is 5.82 Å². The van der Waals surface area contributed by atoms with E-state index in [4.69, 9.17) is 5.84 Å². The second kappa shape index (κ2) is 5.20. The van der Waals surface area contributed by atoms with Crippen molar-refractivity contribution in [1.82, 2.24) is 15.6 Å². The predicted molar refractivity (Wildman–Crippen MR) is 67.1 cm³/mol. The molecule has 0 radical (unpaired) electrons. The molecule has 1 unspecified atom stereocenters. The van der Waals surface area contributed by atoms with E-state index in [2.05, 4.69) is 15.6 Å². The first-order valence-electron chi connectivity index (χ1n) is 5.65. The van der Waals surface area contributed by atoms with E-state index in [0.29, 0.717) is 5.56 Å². The molecule has 0 saturated carbocycles. The van der Waals surface area contributed by atoms with Crippen molar-refractivity contribution < 1.29 is 4.39 Å². The van der Waals surface area contributed by atoms with Gasteiger partial charge in [0.15, 0.2) is 0 Å². The zero-order valence-electron chi connectivity index (χ0n) is 10.3. The van der Waals surface area contributed by atoms with Crippen molar-refractivity contribution in [3.63, 3.8) is 0 Å². The number of nitrogens with one attached hydrogen (secondary N) is 1. The third-order valence-electron chi connectivity index (χ3n) is 2.83. The number of benzene rings is 1. The van der Waals surface area contributed by atoms with Crippen LogP contribution in [-0.4, -0.2) is 10.2 Å². The second-order valence-electron chi connectivity index (χ2n) is 4.15. The average molecular weight is 246 g/mol. The van der Waals surface area contributed by atoms with Crippen molar-refractivity contribution in [3.8, 4) is 0 Å². The lowest BCUT2D eigenvalue weighted by molar-refractivity contribution is 0.556. The van der Waals surface area contributed by atoms with Gasteiger partial charge in [-0.25, -0.2) is 9.82 Å². The fourth-order valence-electron chi connectivity index (χ4n) is 1.92. The summed E-state index contributed by atoms with van der Waals surface area (Å²) in [6.45, 7) is 3.66. The Morgan fingerprint density at radius 1 is 1.17 bits per heavy atom. The van der Waals surface area contributed by atoms with Gasteiger partial charge in [-0.05, 0) is 31.5 Å². The normalized spacial score (nSPS) is 12.4. The molecule has 0 spiro atoms. The Labute approximate surface area is 105 Å². The highest BCUT2D eigenvalue weighted by atomic mass is 19.1. The smallest absolute Gasteiger partial charge is 0.128 e. The Morgan fingerprint density at radius 3 is 2.56 bits per heavy atom. The van der Waals surface area contributed by atoms with Gasteiger partial charge >= 0.3 is 0 Å². The van der Waals surface area contributed by atoms with Gasteiger partial charge in [-0.1, -0.05) is 18.2 Å². The summed E-state index contributed by atoms with van der Waals surface area (Å²) in [6, 6.07) is 7.97. The maximum atomic E-state index is 13.8. The summed E-state index contributed by atoms with van der Waals surface area (Å²) in [4.78, 5) is 0. The molecule has 2 rings (SSSR count). The number of nitrogens with zero attached hydrogens (tertiary/aromatic N) is 2. The highest BCUT2D eigenvalue weighted by molar-refractivity contribution is 5.34. The van der Waals surface area contributed by atoms with E-state index in [1.807, 2.05) is 19.9 Å². The first kappa shape index (κ1) is 12.6. The molecule has 1 aromatic carbocycles. The largest absolute Gasteiger partial charge is 0.271 e. The first-order chi connectivity index (χ1) is 8.63. The van der Waals surface area contributed by atoms with Crippen molar-refractivity contribution in [2.45, 2.75) is 19.9 Å². The molecule has 1 aromatic heterocycles. The summed E-state index contributed by atoms with van der Waals surface area (Å²) in [6.07, 6.45) is 0. The Hall–Kier alpha value is -1.85. The number of aromatic nitrogens is 2. The number of hydrogen-bond donors (Lipinski definition) is 2. The molecule has 4 nitrogen and oxygen atoms in total. The highest BCUT2D eigenvalue weighted by Crippen LogP contribution is 2.25. The van der Waals surface area contributed by atoms with Gasteiger partial charge in [-0.2, -0.15) is 10.2 Å². The van der Waals surface area contributed by atoms with Crippen LogP contribution in [-0.2, 0) is 0 Å². The maximum absolute atomic E-state index is 13.8. The third kappa shape index (κ3) is 2.37. The SMILES string of the molecule is Cc1cc(C(NN)c2ccccc2F)c(C)nn1. The maximum Gasteiger partial charge on any atom is 0.128 e. The van der Waals surface area contributed by atoms with Gasteiger partial charge in [0, 0.05) is 5.56 Å². The minimum Gasteiger partial charge on any atom is -0.271 e. The Bertz CT molecular complexity index is 556. The molecule has 5 heteroatoms. The van der Waals surface area contributed by atoms with Crippen LogP contribution in [0.5, 0.6) is 0 Å². The zero-order chi connectivity index (χ0) is 13.1. The highest BCUT2D eigenvalue weighted by Gasteiger charge is 2.19. The van der Waals surface area contributed by atoms with Crippen molar-refractivity contribution in [2.75, 3.05) is 0 Å². The standard InChI is InChI=1S/C13H15FN4/c1-8-7-11(9(2)18-17-8)13(16-15)10-5-3-4-6-12(10)14/h3-7,13,16H,15H2,1-2H3. The van der Waals surface area contributed by atoms with Crippen LogP contribution >= 0.6 is 0 Å². The van der Waals surface area contributed by atoms with Crippen molar-refractivity contribution in [3.05, 3.63) is 58.7 Å². The van der Waals surface area contributed by atoms with E-state index in [0.717, 1.165) is 17.0 Å². The molecule has 0 aliphatic heterocycles. The molecule has 18 heavy (non-hydrogen) atoms. The lowest BCUT2D eigenvalue weighted by atomic mass is 9.97. The van der Waals surface area contributed by atoms with Gasteiger partial charge in [0.25, 0.3) is 0 Å². The second-order valence-corrected chi connectivity index (χ2v) is 4.15. The van der Waals surface area contributed by atoms with E-state index < -0.39 is 6.04 Å². The van der Waals surface area contributed by atoms with Crippen molar-refractivity contribution in [1.29, 1.82) is 0 Å². The van der Waals surface area contributed by atoms with E-state index in [1.54, 1.807) is 18.2 Å². The molecule has 0 amide bonds. The van der Waals surface area contributed by atoms with Gasteiger partial charge < -0.3 is 0 Å². The summed E-state index contributed by atoms with van der Waals surface area (Å²) < 4.78 is 13.8. The molecule has 0 bridgehead atoms. The Balaban J connectivity index is 2.52. The van der Waals surface area contributed by atoms with Crippen molar-refractivity contribution >= 4 is 0 Å². The lowest BCUT2D eigenvalue weighted by Gasteiger charge is -2.19. The van der Waals surface area contributed by atoms with Crippen molar-refractivity contribution in [2.24, 2.45) is 5.84 Å². The third-order valence-corrected chi connectivity index (χ3v) is 2.83. The molecule has 1 atom stereocenters. The molecule has 1 heterocycles. The quantitative estimate of drug-likeness (QED) is 0.640. The topological polar surface area (TPSA) is 63.8 Å². The first-order valence-corrected chi connectivity index (χ1v) is 5.65. The van der Waals surface area contributed by atoms with E-state index in [1.165, 1.54) is 6.07 Å². The number of nitrogens with two attached hydrogens (primary N) is 1. The molecule has 2 aromatic rings. The number of hydrazine groups is 1. The van der Waals surface area contributed by atoms with Crippen LogP contribution in [0.3, 0.4) is 0 Å². The molecule has 0 saturated heterocycles. The molecular formula is C13H15FN4. The number of halogens is 1. The van der Waals surface area contributed by atoms with Crippen LogP contribution in [0.1, 0.15) is 28.6 Å². The summed E-state index contributed by atoms with van der Waals surface area (Å²) in [7, 11) is 0. The van der Waals surface area contributed by atoms with Crippen LogP contribution in [0.2, 0.25) is 0 Å². The van der Waals surface area contributed by atoms with Crippen LogP contribution in [0.15, 0.2) is 30.3 Å². The molecule has 3 N–H and O–H groups in total. The zero-order valence-corrected chi connectivity index (χ0v) is 10.3. The molecule has 0 aliphatic carbocycles. The van der Waals surface area contributed by atoms with E-state index >= 15 is 0 Å². The van der Waals surface area contributed by atoms with Crippen LogP contribution < -0.4 is 11.3 Å². The molecular weight excluding hydrogens is 231 g/mol. The van der Waals surface area contributed by atoms with E-state index in [-0.39, 0.29) is 5.82 Å². The number of aryl methyl sites for hydroxylation is 2. The molecule has 0 fully saturated rings. The fourth-order valence-corrected chi connectivity index (χ4v) is 1.92. The Morgan fingerprint density at radius 2 is 1.89 bits per heavy atom. The minimum atomic E-state index is -0.430. The molecule has 0 aliphatic rings. The predicted octanol–water partition coefficient (Wildman–Crippen LogP) is 1.79. The monoisotopic (exact) mass is 246 g/mol. The van der Waals surface area contributed by atoms with Gasteiger partial charge in [-0.15, -0.1) is 0 Å². The molecule has 94 valence electrons.